The zero-order valence-electron chi connectivity index (χ0n) is 20.1. The number of nitrogens with two attached hydrogens (primary N) is 2. The number of imide groups is 1. The van der Waals surface area contributed by atoms with E-state index in [0.29, 0.717) is 13.0 Å². The van der Waals surface area contributed by atoms with Crippen molar-refractivity contribution in [2.75, 3.05) is 6.54 Å². The lowest BCUT2D eigenvalue weighted by Gasteiger charge is -2.17. The molecular formula is C27H38N4O3. The van der Waals surface area contributed by atoms with Gasteiger partial charge in [0.2, 0.25) is 17.7 Å². The first-order chi connectivity index (χ1) is 16.4. The van der Waals surface area contributed by atoms with Crippen LogP contribution in [0.5, 0.6) is 0 Å². The van der Waals surface area contributed by atoms with Gasteiger partial charge in [0.1, 0.15) is 6.04 Å². The van der Waals surface area contributed by atoms with E-state index in [2.05, 4.69) is 34.9 Å². The average Bonchev–Trinajstić information content (AvgIpc) is 2.83. The molecule has 184 valence electrons. The fourth-order valence-electron chi connectivity index (χ4n) is 3.63. The highest BCUT2D eigenvalue weighted by molar-refractivity contribution is 6.00. The predicted octanol–water partition coefficient (Wildman–Crippen LogP) is 2.40. The van der Waals surface area contributed by atoms with E-state index in [4.69, 9.17) is 11.5 Å². The van der Waals surface area contributed by atoms with E-state index in [9.17, 15) is 14.4 Å². The van der Waals surface area contributed by atoms with Crippen LogP contribution in [0.25, 0.3) is 0 Å². The van der Waals surface area contributed by atoms with Crippen molar-refractivity contribution in [1.29, 1.82) is 0 Å². The minimum Gasteiger partial charge on any atom is -0.343 e. The summed E-state index contributed by atoms with van der Waals surface area (Å²) in [6.07, 6.45) is 6.43. The molecule has 0 spiro atoms. The third-order valence-corrected chi connectivity index (χ3v) is 5.73. The number of benzene rings is 2. The Balaban J connectivity index is 1.69. The van der Waals surface area contributed by atoms with E-state index in [1.54, 1.807) is 0 Å². The maximum atomic E-state index is 12.3. The summed E-state index contributed by atoms with van der Waals surface area (Å²) in [7, 11) is 0. The van der Waals surface area contributed by atoms with Crippen molar-refractivity contribution in [3.8, 4) is 0 Å². The standard InChI is InChI=1S/C27H38N4O3/c1-20(30-27(34)24(29)13-7-8-18-28)26(33)31-25(32)19-23-16-14-22(15-17-23)12-6-5-11-21-9-3-2-4-10-21/h2-4,9-10,14-17,20,24H,5-8,11-13,18-19,28-29H2,1H3,(H,30,34)(H,31,32,33)/t20-,24-/m0/s1. The molecule has 0 saturated carbocycles. The molecular weight excluding hydrogens is 428 g/mol. The summed E-state index contributed by atoms with van der Waals surface area (Å²) in [5.74, 6) is -1.37. The average molecular weight is 467 g/mol. The van der Waals surface area contributed by atoms with Gasteiger partial charge < -0.3 is 16.8 Å². The molecule has 34 heavy (non-hydrogen) atoms. The quantitative estimate of drug-likeness (QED) is 0.318. The molecule has 2 rings (SSSR count). The van der Waals surface area contributed by atoms with Crippen LogP contribution in [-0.4, -0.2) is 36.3 Å². The Morgan fingerprint density at radius 2 is 1.38 bits per heavy atom. The summed E-state index contributed by atoms with van der Waals surface area (Å²) >= 11 is 0. The summed E-state index contributed by atoms with van der Waals surface area (Å²) in [6.45, 7) is 2.08. The van der Waals surface area contributed by atoms with Crippen LogP contribution in [0.3, 0.4) is 0 Å². The molecule has 0 bridgehead atoms. The van der Waals surface area contributed by atoms with E-state index in [-0.39, 0.29) is 6.42 Å². The van der Waals surface area contributed by atoms with E-state index >= 15 is 0 Å². The van der Waals surface area contributed by atoms with Crippen LogP contribution in [0.15, 0.2) is 54.6 Å². The molecule has 0 unspecified atom stereocenters. The summed E-state index contributed by atoms with van der Waals surface area (Å²) in [4.78, 5) is 36.6. The summed E-state index contributed by atoms with van der Waals surface area (Å²) in [5.41, 5.74) is 14.7. The van der Waals surface area contributed by atoms with E-state index in [0.717, 1.165) is 44.1 Å². The second kappa shape index (κ2) is 15.0. The number of carbonyl (C=O) groups excluding carboxylic acids is 3. The lowest BCUT2D eigenvalue weighted by atomic mass is 10.0. The second-order valence-electron chi connectivity index (χ2n) is 8.72. The van der Waals surface area contributed by atoms with Gasteiger partial charge in [-0.05, 0) is 68.7 Å². The van der Waals surface area contributed by atoms with Crippen molar-refractivity contribution in [2.45, 2.75) is 70.4 Å². The van der Waals surface area contributed by atoms with Gasteiger partial charge in [-0.1, -0.05) is 61.0 Å². The van der Waals surface area contributed by atoms with Crippen LogP contribution in [0, 0.1) is 0 Å². The van der Waals surface area contributed by atoms with Gasteiger partial charge in [0.15, 0.2) is 0 Å². The number of carbonyl (C=O) groups is 3. The molecule has 0 aliphatic heterocycles. The van der Waals surface area contributed by atoms with Gasteiger partial charge >= 0.3 is 0 Å². The molecule has 6 N–H and O–H groups in total. The smallest absolute Gasteiger partial charge is 0.248 e. The van der Waals surface area contributed by atoms with E-state index in [1.165, 1.54) is 18.1 Å². The molecule has 2 atom stereocenters. The van der Waals surface area contributed by atoms with Crippen molar-refractivity contribution in [1.82, 2.24) is 10.6 Å². The van der Waals surface area contributed by atoms with Crippen molar-refractivity contribution in [3.05, 3.63) is 71.3 Å². The molecule has 0 radical (unpaired) electrons. The first kappa shape index (κ1) is 27.2. The highest BCUT2D eigenvalue weighted by Crippen LogP contribution is 2.11. The number of hydrogen-bond donors (Lipinski definition) is 4. The Labute approximate surface area is 202 Å². The number of aryl methyl sites for hydroxylation is 2. The van der Waals surface area contributed by atoms with E-state index < -0.39 is 29.8 Å². The molecule has 0 heterocycles. The molecule has 2 aromatic carbocycles. The topological polar surface area (TPSA) is 127 Å². The molecule has 0 fully saturated rings. The lowest BCUT2D eigenvalue weighted by molar-refractivity contribution is -0.134. The van der Waals surface area contributed by atoms with Gasteiger partial charge in [0.25, 0.3) is 0 Å². The van der Waals surface area contributed by atoms with Crippen molar-refractivity contribution in [3.63, 3.8) is 0 Å². The van der Waals surface area contributed by atoms with Gasteiger partial charge in [-0.25, -0.2) is 0 Å². The maximum absolute atomic E-state index is 12.3. The summed E-state index contributed by atoms with van der Waals surface area (Å²) in [5, 5.41) is 4.91. The Hall–Kier alpha value is -3.03. The van der Waals surface area contributed by atoms with Crippen LogP contribution in [0.1, 0.15) is 55.7 Å². The fraction of sp³-hybridized carbons (Fsp3) is 0.444. The lowest BCUT2D eigenvalue weighted by Crippen LogP contribution is -2.51. The normalized spacial score (nSPS) is 12.6. The van der Waals surface area contributed by atoms with E-state index in [1.807, 2.05) is 30.3 Å². The number of hydrogen-bond acceptors (Lipinski definition) is 5. The van der Waals surface area contributed by atoms with Crippen molar-refractivity contribution < 1.29 is 14.4 Å². The Morgan fingerprint density at radius 1 is 0.794 bits per heavy atom. The molecule has 2 aromatic rings. The number of nitrogens with one attached hydrogen (secondary N) is 2. The summed E-state index contributed by atoms with van der Waals surface area (Å²) < 4.78 is 0. The van der Waals surface area contributed by atoms with Crippen molar-refractivity contribution >= 4 is 17.7 Å². The first-order valence-corrected chi connectivity index (χ1v) is 12.1. The van der Waals surface area contributed by atoms with Crippen LogP contribution >= 0.6 is 0 Å². The minimum atomic E-state index is -0.852. The molecule has 0 aliphatic carbocycles. The van der Waals surface area contributed by atoms with Gasteiger partial charge in [0.05, 0.1) is 12.5 Å². The first-order valence-electron chi connectivity index (χ1n) is 12.1. The van der Waals surface area contributed by atoms with Crippen LogP contribution in [-0.2, 0) is 33.6 Å². The molecule has 7 heteroatoms. The predicted molar refractivity (Wildman–Crippen MR) is 135 cm³/mol. The molecule has 0 aromatic heterocycles. The van der Waals surface area contributed by atoms with Gasteiger partial charge in [0, 0.05) is 0 Å². The third kappa shape index (κ3) is 10.3. The minimum absolute atomic E-state index is 0.0965. The van der Waals surface area contributed by atoms with Crippen molar-refractivity contribution in [2.24, 2.45) is 11.5 Å². The zero-order valence-corrected chi connectivity index (χ0v) is 20.1. The highest BCUT2D eigenvalue weighted by atomic mass is 16.2. The number of rotatable bonds is 14. The monoisotopic (exact) mass is 466 g/mol. The highest BCUT2D eigenvalue weighted by Gasteiger charge is 2.21. The van der Waals surface area contributed by atoms with Gasteiger partial charge in [-0.15, -0.1) is 0 Å². The van der Waals surface area contributed by atoms with Crippen LogP contribution in [0.2, 0.25) is 0 Å². The SMILES string of the molecule is C[C@H](NC(=O)[C@@H](N)CCCCN)C(=O)NC(=O)Cc1ccc(CCCCc2ccccc2)cc1. The Kier molecular flexibility index (Phi) is 12.0. The van der Waals surface area contributed by atoms with Crippen LogP contribution < -0.4 is 22.1 Å². The number of unbranched alkanes of at least 4 members (excludes halogenated alkanes) is 2. The summed E-state index contributed by atoms with van der Waals surface area (Å²) in [6, 6.07) is 16.8. The Morgan fingerprint density at radius 3 is 2.00 bits per heavy atom. The molecule has 7 nitrogen and oxygen atoms in total. The zero-order chi connectivity index (χ0) is 24.8. The van der Waals surface area contributed by atoms with Gasteiger partial charge in [-0.2, -0.15) is 0 Å². The molecule has 0 aliphatic rings. The Bertz CT molecular complexity index is 900. The third-order valence-electron chi connectivity index (χ3n) is 5.73. The fourth-order valence-corrected chi connectivity index (χ4v) is 3.63. The second-order valence-corrected chi connectivity index (χ2v) is 8.72. The van der Waals surface area contributed by atoms with Crippen LogP contribution in [0.4, 0.5) is 0 Å². The molecule has 0 saturated heterocycles. The molecule has 3 amide bonds. The largest absolute Gasteiger partial charge is 0.343 e. The number of amides is 3. The van der Waals surface area contributed by atoms with Gasteiger partial charge in [-0.3, -0.25) is 19.7 Å². The maximum Gasteiger partial charge on any atom is 0.248 e.